The van der Waals surface area contributed by atoms with E-state index in [1.165, 1.54) is 6.20 Å². The smallest absolute Gasteiger partial charge is 0.411 e. The number of nitrogens with one attached hydrogen (secondary N) is 2. The number of aromatic nitrogens is 1. The molecule has 2 amide bonds. The number of aryl methyl sites for hydroxylation is 1. The van der Waals surface area contributed by atoms with Gasteiger partial charge in [0.15, 0.2) is 0 Å². The lowest BCUT2D eigenvalue weighted by Gasteiger charge is -2.28. The van der Waals surface area contributed by atoms with Crippen LogP contribution in [0.4, 0.5) is 18.0 Å². The van der Waals surface area contributed by atoms with Gasteiger partial charge in [-0.05, 0) is 13.8 Å². The molecule has 0 unspecified atom stereocenters. The Morgan fingerprint density at radius 3 is 2.53 bits per heavy atom. The van der Waals surface area contributed by atoms with Crippen LogP contribution in [0, 0.1) is 0 Å². The van der Waals surface area contributed by atoms with E-state index in [0.29, 0.717) is 12.2 Å². The van der Waals surface area contributed by atoms with Crippen molar-refractivity contribution in [2.24, 2.45) is 0 Å². The summed E-state index contributed by atoms with van der Waals surface area (Å²) in [5, 5.41) is 4.10. The van der Waals surface area contributed by atoms with E-state index in [9.17, 15) is 18.0 Å². The monoisotopic (exact) mass is 279 g/mol. The normalized spacial score (nSPS) is 12.3. The minimum absolute atomic E-state index is 0.0697. The van der Waals surface area contributed by atoms with Gasteiger partial charge in [-0.3, -0.25) is 0 Å². The topological polar surface area (TPSA) is 67.2 Å². The van der Waals surface area contributed by atoms with Crippen molar-refractivity contribution in [3.63, 3.8) is 0 Å². The first-order valence-corrected chi connectivity index (χ1v) is 5.72. The van der Waals surface area contributed by atoms with Crippen LogP contribution in [0.15, 0.2) is 10.6 Å². The van der Waals surface area contributed by atoms with Gasteiger partial charge in [0.2, 0.25) is 5.89 Å². The van der Waals surface area contributed by atoms with Crippen LogP contribution < -0.4 is 10.6 Å². The standard InChI is InChI=1S/C11H16F3N3O2/c1-4-7-5-15-8(19-7)6-16-9(18)17-10(2,3)11(12,13)14/h5H,4,6H2,1-3H3,(H2,16,17,18). The van der Waals surface area contributed by atoms with E-state index in [1.54, 1.807) is 0 Å². The van der Waals surface area contributed by atoms with Gasteiger partial charge in [0.25, 0.3) is 0 Å². The van der Waals surface area contributed by atoms with Gasteiger partial charge in [-0.15, -0.1) is 0 Å². The molecule has 2 N–H and O–H groups in total. The maximum Gasteiger partial charge on any atom is 0.411 e. The Balaban J connectivity index is 2.48. The van der Waals surface area contributed by atoms with Crippen LogP contribution in [-0.2, 0) is 13.0 Å². The Morgan fingerprint density at radius 1 is 1.42 bits per heavy atom. The molecule has 108 valence electrons. The minimum Gasteiger partial charge on any atom is -0.444 e. The predicted octanol–water partition coefficient (Wildman–Crippen LogP) is 2.38. The molecule has 1 aromatic rings. The largest absolute Gasteiger partial charge is 0.444 e. The van der Waals surface area contributed by atoms with Crippen LogP contribution in [-0.4, -0.2) is 22.7 Å². The summed E-state index contributed by atoms with van der Waals surface area (Å²) >= 11 is 0. The van der Waals surface area contributed by atoms with Gasteiger partial charge in [0.1, 0.15) is 11.3 Å². The van der Waals surface area contributed by atoms with Crippen LogP contribution in [0.2, 0.25) is 0 Å². The third-order valence-corrected chi connectivity index (χ3v) is 2.48. The maximum absolute atomic E-state index is 12.5. The number of oxazole rings is 1. The predicted molar refractivity (Wildman–Crippen MR) is 61.4 cm³/mol. The quantitative estimate of drug-likeness (QED) is 0.889. The van der Waals surface area contributed by atoms with Gasteiger partial charge < -0.3 is 15.1 Å². The first kappa shape index (κ1) is 15.3. The number of alkyl halides is 3. The second kappa shape index (κ2) is 5.50. The highest BCUT2D eigenvalue weighted by atomic mass is 19.4. The SMILES string of the molecule is CCc1cnc(CNC(=O)NC(C)(C)C(F)(F)F)o1. The number of halogens is 3. The van der Waals surface area contributed by atoms with Crippen molar-refractivity contribution in [3.05, 3.63) is 17.8 Å². The van der Waals surface area contributed by atoms with Crippen LogP contribution in [0.1, 0.15) is 32.4 Å². The second-order valence-electron chi connectivity index (χ2n) is 4.50. The lowest BCUT2D eigenvalue weighted by molar-refractivity contribution is -0.182. The molecule has 0 aliphatic rings. The highest BCUT2D eigenvalue weighted by molar-refractivity contribution is 5.74. The Labute approximate surface area is 108 Å². The summed E-state index contributed by atoms with van der Waals surface area (Å²) in [5.74, 6) is 0.893. The zero-order valence-corrected chi connectivity index (χ0v) is 10.9. The summed E-state index contributed by atoms with van der Waals surface area (Å²) < 4.78 is 42.8. The molecular weight excluding hydrogens is 263 g/mol. The number of hydrogen-bond donors (Lipinski definition) is 2. The van der Waals surface area contributed by atoms with Crippen molar-refractivity contribution in [1.29, 1.82) is 0 Å². The van der Waals surface area contributed by atoms with E-state index in [0.717, 1.165) is 13.8 Å². The zero-order valence-electron chi connectivity index (χ0n) is 10.9. The molecule has 5 nitrogen and oxygen atoms in total. The number of carbonyl (C=O) groups excluding carboxylic acids is 1. The van der Waals surface area contributed by atoms with E-state index < -0.39 is 17.7 Å². The lowest BCUT2D eigenvalue weighted by Crippen LogP contribution is -2.56. The summed E-state index contributed by atoms with van der Waals surface area (Å²) in [5.41, 5.74) is -2.30. The van der Waals surface area contributed by atoms with E-state index in [2.05, 4.69) is 10.3 Å². The van der Waals surface area contributed by atoms with Crippen molar-refractivity contribution in [2.75, 3.05) is 0 Å². The lowest BCUT2D eigenvalue weighted by atomic mass is 10.1. The summed E-state index contributed by atoms with van der Waals surface area (Å²) in [6.07, 6.45) is -2.36. The fourth-order valence-electron chi connectivity index (χ4n) is 1.15. The molecule has 1 heterocycles. The van der Waals surface area contributed by atoms with Gasteiger partial charge in [-0.2, -0.15) is 13.2 Å². The van der Waals surface area contributed by atoms with Gasteiger partial charge >= 0.3 is 12.2 Å². The fraction of sp³-hybridized carbons (Fsp3) is 0.636. The van der Waals surface area contributed by atoms with E-state index in [1.807, 2.05) is 12.2 Å². The molecule has 0 radical (unpaired) electrons. The molecule has 1 rings (SSSR count). The van der Waals surface area contributed by atoms with Crippen LogP contribution in [0.5, 0.6) is 0 Å². The molecule has 0 saturated carbocycles. The van der Waals surface area contributed by atoms with Crippen molar-refractivity contribution in [2.45, 2.75) is 45.5 Å². The number of hydrogen-bond acceptors (Lipinski definition) is 3. The molecule has 0 spiro atoms. The fourth-order valence-corrected chi connectivity index (χ4v) is 1.15. The molecule has 0 atom stereocenters. The Hall–Kier alpha value is -1.73. The average molecular weight is 279 g/mol. The average Bonchev–Trinajstić information content (AvgIpc) is 2.72. The molecule has 0 bridgehead atoms. The molecule has 0 aromatic carbocycles. The van der Waals surface area contributed by atoms with Crippen LogP contribution >= 0.6 is 0 Å². The van der Waals surface area contributed by atoms with Gasteiger partial charge in [0, 0.05) is 6.42 Å². The molecule has 8 heteroatoms. The first-order valence-electron chi connectivity index (χ1n) is 5.72. The third-order valence-electron chi connectivity index (χ3n) is 2.48. The van der Waals surface area contributed by atoms with E-state index >= 15 is 0 Å². The second-order valence-corrected chi connectivity index (χ2v) is 4.50. The van der Waals surface area contributed by atoms with Crippen LogP contribution in [0.25, 0.3) is 0 Å². The Kier molecular flexibility index (Phi) is 4.43. The zero-order chi connectivity index (χ0) is 14.7. The Morgan fingerprint density at radius 2 is 2.05 bits per heavy atom. The van der Waals surface area contributed by atoms with E-state index in [4.69, 9.17) is 4.42 Å². The van der Waals surface area contributed by atoms with Crippen LogP contribution in [0.3, 0.4) is 0 Å². The summed E-state index contributed by atoms with van der Waals surface area (Å²) in [4.78, 5) is 15.2. The summed E-state index contributed by atoms with van der Waals surface area (Å²) in [6.45, 7) is 3.57. The molecular formula is C11H16F3N3O2. The van der Waals surface area contributed by atoms with Crippen molar-refractivity contribution < 1.29 is 22.4 Å². The van der Waals surface area contributed by atoms with Gasteiger partial charge in [-0.25, -0.2) is 9.78 Å². The molecule has 0 fully saturated rings. The number of carbonyl (C=O) groups is 1. The van der Waals surface area contributed by atoms with Gasteiger partial charge in [-0.1, -0.05) is 6.92 Å². The number of urea groups is 1. The number of amides is 2. The van der Waals surface area contributed by atoms with Crippen molar-refractivity contribution >= 4 is 6.03 Å². The van der Waals surface area contributed by atoms with Crippen molar-refractivity contribution in [3.8, 4) is 0 Å². The molecule has 19 heavy (non-hydrogen) atoms. The molecule has 0 aliphatic heterocycles. The molecule has 1 aromatic heterocycles. The van der Waals surface area contributed by atoms with Crippen molar-refractivity contribution in [1.82, 2.24) is 15.6 Å². The third kappa shape index (κ3) is 4.15. The first-order chi connectivity index (χ1) is 8.65. The van der Waals surface area contributed by atoms with Gasteiger partial charge in [0.05, 0.1) is 12.7 Å². The highest BCUT2D eigenvalue weighted by Gasteiger charge is 2.48. The molecule has 0 saturated heterocycles. The number of nitrogens with zero attached hydrogens (tertiary/aromatic N) is 1. The highest BCUT2D eigenvalue weighted by Crippen LogP contribution is 2.29. The van der Waals surface area contributed by atoms with E-state index in [-0.39, 0.29) is 12.4 Å². The molecule has 0 aliphatic carbocycles. The summed E-state index contributed by atoms with van der Waals surface area (Å²) in [7, 11) is 0. The number of rotatable bonds is 4. The Bertz CT molecular complexity index is 441. The maximum atomic E-state index is 12.5. The summed E-state index contributed by atoms with van der Waals surface area (Å²) in [6, 6.07) is -0.932. The minimum atomic E-state index is -4.53.